The van der Waals surface area contributed by atoms with E-state index < -0.39 is 0 Å². The van der Waals surface area contributed by atoms with E-state index in [1.807, 2.05) is 18.2 Å². The predicted octanol–water partition coefficient (Wildman–Crippen LogP) is 4.83. The van der Waals surface area contributed by atoms with Crippen LogP contribution in [-0.4, -0.2) is 36.0 Å². The van der Waals surface area contributed by atoms with E-state index in [0.29, 0.717) is 23.4 Å². The van der Waals surface area contributed by atoms with Crippen molar-refractivity contribution < 1.29 is 13.5 Å². The van der Waals surface area contributed by atoms with Crippen LogP contribution >= 0.6 is 0 Å². The van der Waals surface area contributed by atoms with Gasteiger partial charge in [0.1, 0.15) is 23.8 Å². The summed E-state index contributed by atoms with van der Waals surface area (Å²) in [4.78, 5) is 17.1. The van der Waals surface area contributed by atoms with Crippen molar-refractivity contribution in [2.75, 3.05) is 26.2 Å². The van der Waals surface area contributed by atoms with Crippen LogP contribution in [0.5, 0.6) is 5.75 Å². The molecule has 1 aliphatic rings. The fraction of sp³-hybridized carbons (Fsp3) is 0.250. The summed E-state index contributed by atoms with van der Waals surface area (Å²) >= 11 is 0. The first-order valence-corrected chi connectivity index (χ1v) is 11.6. The van der Waals surface area contributed by atoms with Gasteiger partial charge >= 0.3 is 5.63 Å². The molecule has 2 heterocycles. The van der Waals surface area contributed by atoms with Crippen LogP contribution < -0.4 is 10.4 Å². The van der Waals surface area contributed by atoms with Crippen LogP contribution in [0.15, 0.2) is 88.1 Å². The average molecular weight is 459 g/mol. The first kappa shape index (κ1) is 22.3. The van der Waals surface area contributed by atoms with Crippen molar-refractivity contribution in [1.82, 2.24) is 9.80 Å². The van der Waals surface area contributed by atoms with Crippen molar-refractivity contribution in [2.45, 2.75) is 19.7 Å². The van der Waals surface area contributed by atoms with Crippen LogP contribution in [-0.2, 0) is 19.7 Å². The van der Waals surface area contributed by atoms with Crippen LogP contribution in [0.4, 0.5) is 4.39 Å². The van der Waals surface area contributed by atoms with Crippen molar-refractivity contribution in [3.63, 3.8) is 0 Å². The summed E-state index contributed by atoms with van der Waals surface area (Å²) < 4.78 is 25.1. The van der Waals surface area contributed by atoms with E-state index in [-0.39, 0.29) is 18.0 Å². The number of piperazine rings is 1. The summed E-state index contributed by atoms with van der Waals surface area (Å²) in [6.07, 6.45) is 0. The first-order chi connectivity index (χ1) is 16.6. The number of benzene rings is 3. The number of ether oxygens (including phenoxy) is 1. The standard InChI is InChI=1S/C28H27FN2O3/c29-26-9-5-4-8-22(26)20-33-24-10-11-25-23(16-28(32)34-27(25)17-24)19-31-14-12-30(13-15-31)18-21-6-2-1-3-7-21/h1-11,16-17H,12-15,18-20H2. The number of hydrogen-bond donors (Lipinski definition) is 0. The molecule has 4 aromatic rings. The number of hydrogen-bond acceptors (Lipinski definition) is 5. The van der Waals surface area contributed by atoms with Gasteiger partial charge in [-0.3, -0.25) is 9.80 Å². The Hall–Kier alpha value is -3.48. The van der Waals surface area contributed by atoms with Crippen LogP contribution in [0.3, 0.4) is 0 Å². The Morgan fingerprint density at radius 3 is 2.26 bits per heavy atom. The molecule has 0 bridgehead atoms. The van der Waals surface area contributed by atoms with E-state index in [4.69, 9.17) is 9.15 Å². The molecule has 0 radical (unpaired) electrons. The lowest BCUT2D eigenvalue weighted by Crippen LogP contribution is -2.45. The Kier molecular flexibility index (Phi) is 6.70. The molecular weight excluding hydrogens is 431 g/mol. The molecule has 0 aliphatic carbocycles. The van der Waals surface area contributed by atoms with Crippen LogP contribution in [0, 0.1) is 5.82 Å². The number of rotatable bonds is 7. The summed E-state index contributed by atoms with van der Waals surface area (Å²) in [7, 11) is 0. The second-order valence-corrected chi connectivity index (χ2v) is 8.67. The maximum absolute atomic E-state index is 13.9. The molecule has 5 nitrogen and oxygen atoms in total. The molecule has 0 spiro atoms. The lowest BCUT2D eigenvalue weighted by molar-refractivity contribution is 0.122. The molecule has 0 unspecified atom stereocenters. The predicted molar refractivity (Wildman–Crippen MR) is 130 cm³/mol. The number of fused-ring (bicyclic) bond motifs is 1. The van der Waals surface area contributed by atoms with Crippen LogP contribution in [0.25, 0.3) is 11.0 Å². The van der Waals surface area contributed by atoms with Gasteiger partial charge in [-0.25, -0.2) is 9.18 Å². The van der Waals surface area contributed by atoms with Gasteiger partial charge in [0.2, 0.25) is 0 Å². The highest BCUT2D eigenvalue weighted by molar-refractivity contribution is 5.81. The summed E-state index contributed by atoms with van der Waals surface area (Å²) in [6.45, 7) is 5.62. The molecule has 3 aromatic carbocycles. The molecule has 1 aliphatic heterocycles. The molecule has 6 heteroatoms. The molecule has 0 atom stereocenters. The topological polar surface area (TPSA) is 45.9 Å². The van der Waals surface area contributed by atoms with Gasteiger partial charge in [-0.2, -0.15) is 0 Å². The minimum Gasteiger partial charge on any atom is -0.489 e. The third-order valence-electron chi connectivity index (χ3n) is 6.26. The zero-order valence-electron chi connectivity index (χ0n) is 19.0. The van der Waals surface area contributed by atoms with Gasteiger partial charge in [0.25, 0.3) is 0 Å². The smallest absolute Gasteiger partial charge is 0.336 e. The molecule has 5 rings (SSSR count). The van der Waals surface area contributed by atoms with Crippen LogP contribution in [0.2, 0.25) is 0 Å². The second-order valence-electron chi connectivity index (χ2n) is 8.67. The highest BCUT2D eigenvalue weighted by Crippen LogP contribution is 2.25. The van der Waals surface area contributed by atoms with Gasteiger partial charge in [-0.05, 0) is 29.3 Å². The molecule has 0 saturated carbocycles. The minimum absolute atomic E-state index is 0.107. The van der Waals surface area contributed by atoms with Gasteiger partial charge < -0.3 is 9.15 Å². The molecule has 1 aromatic heterocycles. The van der Waals surface area contributed by atoms with Gasteiger partial charge in [-0.1, -0.05) is 48.5 Å². The Balaban J connectivity index is 1.25. The number of nitrogens with zero attached hydrogens (tertiary/aromatic N) is 2. The monoisotopic (exact) mass is 458 g/mol. The maximum atomic E-state index is 13.9. The quantitative estimate of drug-likeness (QED) is 0.371. The SMILES string of the molecule is O=c1cc(CN2CCN(Cc3ccccc3)CC2)c2ccc(OCc3ccccc3F)cc2o1. The van der Waals surface area contributed by atoms with Crippen molar-refractivity contribution in [2.24, 2.45) is 0 Å². The zero-order chi connectivity index (χ0) is 23.3. The van der Waals surface area contributed by atoms with E-state index in [2.05, 4.69) is 34.1 Å². The zero-order valence-corrected chi connectivity index (χ0v) is 19.0. The second kappa shape index (κ2) is 10.2. The Morgan fingerprint density at radius 1 is 0.794 bits per heavy atom. The molecule has 34 heavy (non-hydrogen) atoms. The lowest BCUT2D eigenvalue weighted by Gasteiger charge is -2.34. The Morgan fingerprint density at radius 2 is 1.50 bits per heavy atom. The fourth-order valence-corrected chi connectivity index (χ4v) is 4.40. The lowest BCUT2D eigenvalue weighted by atomic mass is 10.1. The minimum atomic E-state index is -0.378. The summed E-state index contributed by atoms with van der Waals surface area (Å²) in [5, 5.41) is 0.893. The van der Waals surface area contributed by atoms with Crippen LogP contribution in [0.1, 0.15) is 16.7 Å². The van der Waals surface area contributed by atoms with E-state index in [1.54, 1.807) is 30.3 Å². The van der Waals surface area contributed by atoms with Gasteiger partial charge in [0.15, 0.2) is 0 Å². The van der Waals surface area contributed by atoms with Gasteiger partial charge in [0, 0.05) is 62.4 Å². The normalized spacial score (nSPS) is 15.0. The van der Waals surface area contributed by atoms with Gasteiger partial charge in [0.05, 0.1) is 0 Å². The Bertz CT molecular complexity index is 1310. The first-order valence-electron chi connectivity index (χ1n) is 11.6. The molecule has 174 valence electrons. The summed E-state index contributed by atoms with van der Waals surface area (Å²) in [5.74, 6) is 0.228. The number of halogens is 1. The molecule has 1 fully saturated rings. The fourth-order valence-electron chi connectivity index (χ4n) is 4.40. The molecule has 1 saturated heterocycles. The largest absolute Gasteiger partial charge is 0.489 e. The Labute approximate surface area is 198 Å². The maximum Gasteiger partial charge on any atom is 0.336 e. The van der Waals surface area contributed by atoms with Crippen molar-refractivity contribution in [3.8, 4) is 5.75 Å². The summed E-state index contributed by atoms with van der Waals surface area (Å²) in [6, 6.07) is 24.1. The molecule has 0 N–H and O–H groups in total. The highest BCUT2D eigenvalue weighted by atomic mass is 19.1. The molecular formula is C28H27FN2O3. The third-order valence-corrected chi connectivity index (χ3v) is 6.26. The average Bonchev–Trinajstić information content (AvgIpc) is 2.85. The molecule has 0 amide bonds. The van der Waals surface area contributed by atoms with E-state index >= 15 is 0 Å². The van der Waals surface area contributed by atoms with Crippen molar-refractivity contribution >= 4 is 11.0 Å². The van der Waals surface area contributed by atoms with Crippen molar-refractivity contribution in [3.05, 3.63) is 112 Å². The van der Waals surface area contributed by atoms with E-state index in [1.165, 1.54) is 11.6 Å². The van der Waals surface area contributed by atoms with E-state index in [0.717, 1.165) is 43.7 Å². The van der Waals surface area contributed by atoms with Gasteiger partial charge in [-0.15, -0.1) is 0 Å². The third kappa shape index (κ3) is 5.35. The summed E-state index contributed by atoms with van der Waals surface area (Å²) in [5.41, 5.74) is 2.86. The van der Waals surface area contributed by atoms with Crippen molar-refractivity contribution in [1.29, 1.82) is 0 Å². The highest BCUT2D eigenvalue weighted by Gasteiger charge is 2.19. The van der Waals surface area contributed by atoms with E-state index in [9.17, 15) is 9.18 Å².